The van der Waals surface area contributed by atoms with Gasteiger partial charge < -0.3 is 11.1 Å². The number of nitrogens with zero attached hydrogens (tertiary/aromatic N) is 2. The number of aliphatic imine (C=N–C) groups is 1. The summed E-state index contributed by atoms with van der Waals surface area (Å²) >= 11 is 1.57. The molecule has 2 aromatic carbocycles. The summed E-state index contributed by atoms with van der Waals surface area (Å²) < 4.78 is 0. The zero-order valence-corrected chi connectivity index (χ0v) is 15.8. The molecule has 1 amide bonds. The molecule has 27 heavy (non-hydrogen) atoms. The van der Waals surface area contributed by atoms with Gasteiger partial charge in [0, 0.05) is 40.2 Å². The summed E-state index contributed by atoms with van der Waals surface area (Å²) in [6.07, 6.45) is 4.40. The number of anilines is 1. The zero-order chi connectivity index (χ0) is 18.9. The minimum atomic E-state index is -0.392. The van der Waals surface area contributed by atoms with Crippen LogP contribution in [-0.4, -0.2) is 21.8 Å². The first kappa shape index (κ1) is 17.5. The van der Waals surface area contributed by atoms with Gasteiger partial charge in [-0.25, -0.2) is 0 Å². The molecule has 0 aliphatic carbocycles. The Morgan fingerprint density at radius 2 is 2.07 bits per heavy atom. The first-order chi connectivity index (χ1) is 13.0. The predicted octanol–water partition coefficient (Wildman–Crippen LogP) is 4.15. The summed E-state index contributed by atoms with van der Waals surface area (Å²) in [7, 11) is 0. The van der Waals surface area contributed by atoms with Crippen LogP contribution in [0.15, 0.2) is 65.9 Å². The van der Waals surface area contributed by atoms with Crippen LogP contribution in [0, 0.1) is 0 Å². The number of hydrogen-bond acceptors (Lipinski definition) is 5. The van der Waals surface area contributed by atoms with E-state index in [1.54, 1.807) is 24.2 Å². The minimum Gasteiger partial charge on any atom is -0.379 e. The van der Waals surface area contributed by atoms with E-state index < -0.39 is 5.54 Å². The smallest absolute Gasteiger partial charge is 0.255 e. The molecule has 0 saturated heterocycles. The number of fused-ring (bicyclic) bond motifs is 1. The van der Waals surface area contributed by atoms with Crippen molar-refractivity contribution < 1.29 is 4.79 Å². The second-order valence-corrected chi connectivity index (χ2v) is 7.87. The van der Waals surface area contributed by atoms with Crippen molar-refractivity contribution in [1.82, 2.24) is 4.98 Å². The number of hydrogen-bond donors (Lipinski definition) is 2. The highest BCUT2D eigenvalue weighted by Crippen LogP contribution is 2.35. The molecule has 0 radical (unpaired) electrons. The molecular formula is C21H20N4OS. The maximum absolute atomic E-state index is 12.9. The number of nitrogens with two attached hydrogens (primary N) is 1. The fourth-order valence-corrected chi connectivity index (χ4v) is 4.29. The van der Waals surface area contributed by atoms with Gasteiger partial charge in [-0.05, 0) is 43.2 Å². The van der Waals surface area contributed by atoms with Gasteiger partial charge in [-0.2, -0.15) is 0 Å². The van der Waals surface area contributed by atoms with E-state index in [0.29, 0.717) is 10.7 Å². The van der Waals surface area contributed by atoms with E-state index in [4.69, 9.17) is 5.73 Å². The van der Waals surface area contributed by atoms with E-state index in [2.05, 4.69) is 22.2 Å². The van der Waals surface area contributed by atoms with Crippen molar-refractivity contribution in [3.63, 3.8) is 0 Å². The van der Waals surface area contributed by atoms with Gasteiger partial charge in [-0.1, -0.05) is 36.0 Å². The van der Waals surface area contributed by atoms with Gasteiger partial charge in [0.05, 0.1) is 5.54 Å². The molecular weight excluding hydrogens is 356 g/mol. The molecule has 1 aliphatic rings. The summed E-state index contributed by atoms with van der Waals surface area (Å²) in [5.41, 5.74) is 7.91. The number of nitrogens with one attached hydrogen (secondary N) is 1. The van der Waals surface area contributed by atoms with Crippen molar-refractivity contribution >= 4 is 39.3 Å². The van der Waals surface area contributed by atoms with E-state index in [0.717, 1.165) is 34.2 Å². The number of pyridine rings is 1. The average molecular weight is 376 g/mol. The second-order valence-electron chi connectivity index (χ2n) is 6.76. The van der Waals surface area contributed by atoms with Crippen LogP contribution in [-0.2, 0) is 5.54 Å². The number of carbonyl (C=O) groups is 1. The van der Waals surface area contributed by atoms with Gasteiger partial charge in [0.25, 0.3) is 5.91 Å². The summed E-state index contributed by atoms with van der Waals surface area (Å²) in [6, 6.07) is 15.3. The van der Waals surface area contributed by atoms with Crippen molar-refractivity contribution in [2.24, 2.45) is 10.7 Å². The summed E-state index contributed by atoms with van der Waals surface area (Å²) in [4.78, 5) is 21.6. The quantitative estimate of drug-likeness (QED) is 0.719. The third-order valence-corrected chi connectivity index (χ3v) is 5.67. The summed E-state index contributed by atoms with van der Waals surface area (Å²) in [6.45, 7) is 2.06. The molecule has 1 aliphatic heterocycles. The Balaban J connectivity index is 1.64. The number of benzene rings is 2. The Morgan fingerprint density at radius 3 is 2.93 bits per heavy atom. The normalized spacial score (nSPS) is 19.5. The van der Waals surface area contributed by atoms with Crippen molar-refractivity contribution in [2.45, 2.75) is 18.9 Å². The molecule has 3 aromatic rings. The SMILES string of the molecule is CC1(c2cccc(C(=O)Nc3cccc4cnccc34)c2)CCSC(N)=N1. The number of rotatable bonds is 3. The largest absolute Gasteiger partial charge is 0.379 e. The van der Waals surface area contributed by atoms with E-state index in [1.165, 1.54) is 0 Å². The molecule has 5 nitrogen and oxygen atoms in total. The molecule has 0 spiro atoms. The van der Waals surface area contributed by atoms with Crippen LogP contribution >= 0.6 is 11.8 Å². The van der Waals surface area contributed by atoms with Crippen LogP contribution in [0.3, 0.4) is 0 Å². The Bertz CT molecular complexity index is 1040. The van der Waals surface area contributed by atoms with Gasteiger partial charge in [0.2, 0.25) is 0 Å². The molecule has 0 saturated carbocycles. The minimum absolute atomic E-state index is 0.146. The fraction of sp³-hybridized carbons (Fsp3) is 0.190. The van der Waals surface area contributed by atoms with Crippen molar-refractivity contribution in [2.75, 3.05) is 11.1 Å². The van der Waals surface area contributed by atoms with Crippen LogP contribution in [0.4, 0.5) is 5.69 Å². The van der Waals surface area contributed by atoms with E-state index >= 15 is 0 Å². The molecule has 1 atom stereocenters. The lowest BCUT2D eigenvalue weighted by atomic mass is 9.88. The highest BCUT2D eigenvalue weighted by molar-refractivity contribution is 8.13. The molecule has 1 unspecified atom stereocenters. The molecule has 2 heterocycles. The van der Waals surface area contributed by atoms with Gasteiger partial charge in [-0.15, -0.1) is 0 Å². The lowest BCUT2D eigenvalue weighted by molar-refractivity contribution is 0.102. The van der Waals surface area contributed by atoms with Gasteiger partial charge in [0.15, 0.2) is 5.17 Å². The molecule has 6 heteroatoms. The second kappa shape index (κ2) is 7.04. The topological polar surface area (TPSA) is 80.4 Å². The van der Waals surface area contributed by atoms with Gasteiger partial charge in [0.1, 0.15) is 0 Å². The number of carbonyl (C=O) groups excluding carboxylic acids is 1. The van der Waals surface area contributed by atoms with Gasteiger partial charge >= 0.3 is 0 Å². The third kappa shape index (κ3) is 3.53. The van der Waals surface area contributed by atoms with Crippen molar-refractivity contribution in [3.05, 3.63) is 72.1 Å². The fourth-order valence-electron chi connectivity index (χ4n) is 3.32. The number of aromatic nitrogens is 1. The molecule has 136 valence electrons. The van der Waals surface area contributed by atoms with Crippen LogP contribution in [0.5, 0.6) is 0 Å². The van der Waals surface area contributed by atoms with Gasteiger partial charge in [-0.3, -0.25) is 14.8 Å². The van der Waals surface area contributed by atoms with Crippen LogP contribution < -0.4 is 11.1 Å². The third-order valence-electron chi connectivity index (χ3n) is 4.87. The monoisotopic (exact) mass is 376 g/mol. The molecule has 0 fully saturated rings. The molecule has 1 aromatic heterocycles. The standard InChI is InChI=1S/C21H20N4OS/c1-21(9-11-27-20(22)25-21)16-6-2-4-14(12-16)19(26)24-18-7-3-5-15-13-23-10-8-17(15)18/h2-8,10,12-13H,9,11H2,1H3,(H2,22,25)(H,24,26). The number of amides is 1. The van der Waals surface area contributed by atoms with Crippen molar-refractivity contribution in [3.8, 4) is 0 Å². The van der Waals surface area contributed by atoms with E-state index in [-0.39, 0.29) is 5.91 Å². The summed E-state index contributed by atoms with van der Waals surface area (Å²) in [5.74, 6) is 0.777. The van der Waals surface area contributed by atoms with E-state index in [1.807, 2.05) is 48.5 Å². The van der Waals surface area contributed by atoms with Crippen LogP contribution in [0.1, 0.15) is 29.3 Å². The summed E-state index contributed by atoms with van der Waals surface area (Å²) in [5, 5.41) is 5.57. The Labute approximate surface area is 162 Å². The highest BCUT2D eigenvalue weighted by atomic mass is 32.2. The Kier molecular flexibility index (Phi) is 4.58. The van der Waals surface area contributed by atoms with Crippen LogP contribution in [0.25, 0.3) is 10.8 Å². The number of thioether (sulfide) groups is 1. The Morgan fingerprint density at radius 1 is 1.22 bits per heavy atom. The highest BCUT2D eigenvalue weighted by Gasteiger charge is 2.29. The van der Waals surface area contributed by atoms with Crippen LogP contribution in [0.2, 0.25) is 0 Å². The van der Waals surface area contributed by atoms with Crippen molar-refractivity contribution in [1.29, 1.82) is 0 Å². The average Bonchev–Trinajstić information content (AvgIpc) is 2.68. The molecule has 3 N–H and O–H groups in total. The maximum Gasteiger partial charge on any atom is 0.255 e. The van der Waals surface area contributed by atoms with E-state index in [9.17, 15) is 4.79 Å². The zero-order valence-electron chi connectivity index (χ0n) is 15.0. The lowest BCUT2D eigenvalue weighted by Crippen LogP contribution is -2.29. The maximum atomic E-state index is 12.9. The molecule has 0 bridgehead atoms. The first-order valence-corrected chi connectivity index (χ1v) is 9.76. The number of amidine groups is 1. The Hall–Kier alpha value is -2.86. The predicted molar refractivity (Wildman–Crippen MR) is 112 cm³/mol. The lowest BCUT2D eigenvalue weighted by Gasteiger charge is -2.30. The first-order valence-electron chi connectivity index (χ1n) is 8.78. The molecule has 4 rings (SSSR count).